The minimum atomic E-state index is -0.709. The molecule has 3 rings (SSSR count). The van der Waals surface area contributed by atoms with E-state index in [0.717, 1.165) is 11.4 Å². The number of benzene rings is 1. The van der Waals surface area contributed by atoms with Gasteiger partial charge in [-0.05, 0) is 36.4 Å². The van der Waals surface area contributed by atoms with Crippen LogP contribution in [0.4, 0.5) is 5.69 Å². The number of hydrogen-bond acceptors (Lipinski definition) is 4. The SMILES string of the molecule is OC1C=CC(Cl)=CN1c1ccc(-n2ccnn2)cc1. The quantitative estimate of drug-likeness (QED) is 0.911. The lowest BCUT2D eigenvalue weighted by atomic mass is 10.2. The van der Waals surface area contributed by atoms with Crippen LogP contribution in [0.15, 0.2) is 60.0 Å². The van der Waals surface area contributed by atoms with Crippen LogP contribution < -0.4 is 4.90 Å². The molecule has 2 heterocycles. The van der Waals surface area contributed by atoms with E-state index < -0.39 is 6.23 Å². The van der Waals surface area contributed by atoms with Crippen LogP contribution in [-0.4, -0.2) is 26.3 Å². The second-order valence-electron chi connectivity index (χ2n) is 4.06. The number of aromatic nitrogens is 3. The Morgan fingerprint density at radius 3 is 2.58 bits per heavy atom. The fraction of sp³-hybridized carbons (Fsp3) is 0.0769. The zero-order chi connectivity index (χ0) is 13.2. The van der Waals surface area contributed by atoms with Gasteiger partial charge in [-0.3, -0.25) is 0 Å². The topological polar surface area (TPSA) is 54.2 Å². The van der Waals surface area contributed by atoms with Crippen molar-refractivity contribution in [3.8, 4) is 5.69 Å². The van der Waals surface area contributed by atoms with E-state index >= 15 is 0 Å². The zero-order valence-electron chi connectivity index (χ0n) is 9.89. The Kier molecular flexibility index (Phi) is 3.06. The summed E-state index contributed by atoms with van der Waals surface area (Å²) in [6.07, 6.45) is 7.68. The predicted octanol–water partition coefficient (Wildman–Crippen LogP) is 2.04. The van der Waals surface area contributed by atoms with Gasteiger partial charge in [0.05, 0.1) is 23.1 Å². The predicted molar refractivity (Wildman–Crippen MR) is 72.9 cm³/mol. The summed E-state index contributed by atoms with van der Waals surface area (Å²) in [5.74, 6) is 0. The normalized spacial score (nSPS) is 18.5. The van der Waals surface area contributed by atoms with Crippen LogP contribution in [0.25, 0.3) is 5.69 Å². The lowest BCUT2D eigenvalue weighted by molar-refractivity contribution is 0.227. The number of anilines is 1. The van der Waals surface area contributed by atoms with E-state index in [4.69, 9.17) is 11.6 Å². The van der Waals surface area contributed by atoms with Crippen LogP contribution in [0.3, 0.4) is 0 Å². The lowest BCUT2D eigenvalue weighted by Gasteiger charge is -2.27. The molecule has 1 N–H and O–H groups in total. The lowest BCUT2D eigenvalue weighted by Crippen LogP contribution is -2.30. The third-order valence-electron chi connectivity index (χ3n) is 2.81. The van der Waals surface area contributed by atoms with E-state index in [-0.39, 0.29) is 0 Å². The number of aliphatic hydroxyl groups is 1. The van der Waals surface area contributed by atoms with Gasteiger partial charge in [0.25, 0.3) is 0 Å². The maximum Gasteiger partial charge on any atom is 0.150 e. The van der Waals surface area contributed by atoms with Gasteiger partial charge in [-0.1, -0.05) is 16.8 Å². The molecule has 1 aliphatic rings. The van der Waals surface area contributed by atoms with Crippen molar-refractivity contribution in [1.82, 2.24) is 15.0 Å². The van der Waals surface area contributed by atoms with Crippen molar-refractivity contribution in [1.29, 1.82) is 0 Å². The molecule has 1 aromatic carbocycles. The highest BCUT2D eigenvalue weighted by molar-refractivity contribution is 6.31. The summed E-state index contributed by atoms with van der Waals surface area (Å²) < 4.78 is 1.67. The number of halogens is 1. The molecular formula is C13H11ClN4O. The zero-order valence-corrected chi connectivity index (χ0v) is 10.6. The molecular weight excluding hydrogens is 264 g/mol. The summed E-state index contributed by atoms with van der Waals surface area (Å²) in [5, 5.41) is 18.2. The second kappa shape index (κ2) is 4.87. The molecule has 0 radical (unpaired) electrons. The first-order chi connectivity index (χ1) is 9.24. The molecule has 1 unspecified atom stereocenters. The van der Waals surface area contributed by atoms with E-state index in [0.29, 0.717) is 5.03 Å². The van der Waals surface area contributed by atoms with Crippen molar-refractivity contribution in [3.05, 3.63) is 60.0 Å². The van der Waals surface area contributed by atoms with E-state index in [9.17, 15) is 5.11 Å². The first-order valence-electron chi connectivity index (χ1n) is 5.73. The van der Waals surface area contributed by atoms with Gasteiger partial charge in [-0.2, -0.15) is 0 Å². The number of rotatable bonds is 2. The third kappa shape index (κ3) is 2.38. The molecule has 19 heavy (non-hydrogen) atoms. The Bertz CT molecular complexity index is 619. The van der Waals surface area contributed by atoms with Gasteiger partial charge in [0, 0.05) is 11.9 Å². The smallest absolute Gasteiger partial charge is 0.150 e. The van der Waals surface area contributed by atoms with Gasteiger partial charge in [0.15, 0.2) is 0 Å². The molecule has 0 amide bonds. The van der Waals surface area contributed by atoms with Gasteiger partial charge in [0.2, 0.25) is 0 Å². The first-order valence-corrected chi connectivity index (χ1v) is 6.10. The molecule has 0 bridgehead atoms. The highest BCUT2D eigenvalue weighted by Crippen LogP contribution is 2.24. The standard InChI is InChI=1S/C13H11ClN4O/c14-10-1-6-13(19)17(9-10)11-2-4-12(5-3-11)18-8-7-15-16-18/h1-9,13,19H. The Morgan fingerprint density at radius 1 is 1.16 bits per heavy atom. The van der Waals surface area contributed by atoms with Crippen LogP contribution >= 0.6 is 11.6 Å². The molecule has 0 saturated heterocycles. The number of nitrogens with zero attached hydrogens (tertiary/aromatic N) is 4. The first kappa shape index (κ1) is 12.0. The van der Waals surface area contributed by atoms with Gasteiger partial charge < -0.3 is 10.0 Å². The fourth-order valence-electron chi connectivity index (χ4n) is 1.87. The van der Waals surface area contributed by atoms with Crippen molar-refractivity contribution < 1.29 is 5.11 Å². The summed E-state index contributed by atoms with van der Waals surface area (Å²) in [5.41, 5.74) is 1.75. The molecule has 0 aliphatic carbocycles. The number of allylic oxidation sites excluding steroid dienone is 2. The van der Waals surface area contributed by atoms with Crippen LogP contribution in [0.1, 0.15) is 0 Å². The van der Waals surface area contributed by atoms with Gasteiger partial charge in [-0.25, -0.2) is 4.68 Å². The molecule has 1 atom stereocenters. The highest BCUT2D eigenvalue weighted by atomic mass is 35.5. The summed E-state index contributed by atoms with van der Waals surface area (Å²) in [4.78, 5) is 1.69. The largest absolute Gasteiger partial charge is 0.370 e. The molecule has 1 aromatic heterocycles. The molecule has 6 heteroatoms. The van der Waals surface area contributed by atoms with E-state index in [1.165, 1.54) is 0 Å². The summed E-state index contributed by atoms with van der Waals surface area (Å²) in [6, 6.07) is 7.58. The number of hydrogen-bond donors (Lipinski definition) is 1. The molecule has 5 nitrogen and oxygen atoms in total. The minimum absolute atomic E-state index is 0.575. The molecule has 0 spiro atoms. The van der Waals surface area contributed by atoms with Gasteiger partial charge >= 0.3 is 0 Å². The Hall–Kier alpha value is -2.11. The third-order valence-corrected chi connectivity index (χ3v) is 3.03. The van der Waals surface area contributed by atoms with Crippen molar-refractivity contribution >= 4 is 17.3 Å². The summed E-state index contributed by atoms with van der Waals surface area (Å²) >= 11 is 5.94. The van der Waals surface area contributed by atoms with Crippen LogP contribution in [-0.2, 0) is 0 Å². The maximum absolute atomic E-state index is 9.90. The van der Waals surface area contributed by atoms with Crippen molar-refractivity contribution in [2.75, 3.05) is 4.90 Å². The van der Waals surface area contributed by atoms with Crippen LogP contribution in [0.2, 0.25) is 0 Å². The monoisotopic (exact) mass is 274 g/mol. The average molecular weight is 275 g/mol. The van der Waals surface area contributed by atoms with Gasteiger partial charge in [-0.15, -0.1) is 5.10 Å². The minimum Gasteiger partial charge on any atom is -0.370 e. The maximum atomic E-state index is 9.90. The molecule has 0 fully saturated rings. The molecule has 0 saturated carbocycles. The van der Waals surface area contributed by atoms with Crippen molar-refractivity contribution in [2.45, 2.75) is 6.23 Å². The highest BCUT2D eigenvalue weighted by Gasteiger charge is 2.15. The van der Waals surface area contributed by atoms with Gasteiger partial charge in [0.1, 0.15) is 6.23 Å². The Balaban J connectivity index is 1.89. The second-order valence-corrected chi connectivity index (χ2v) is 4.49. The molecule has 2 aromatic rings. The summed E-state index contributed by atoms with van der Waals surface area (Å²) in [7, 11) is 0. The Morgan fingerprint density at radius 2 is 1.89 bits per heavy atom. The van der Waals surface area contributed by atoms with E-state index in [2.05, 4.69) is 10.3 Å². The van der Waals surface area contributed by atoms with E-state index in [1.807, 2.05) is 24.3 Å². The van der Waals surface area contributed by atoms with Crippen molar-refractivity contribution in [3.63, 3.8) is 0 Å². The molecule has 1 aliphatic heterocycles. The number of aliphatic hydroxyl groups excluding tert-OH is 1. The van der Waals surface area contributed by atoms with Crippen LogP contribution in [0, 0.1) is 0 Å². The Labute approximate surface area is 115 Å². The van der Waals surface area contributed by atoms with Crippen LogP contribution in [0.5, 0.6) is 0 Å². The summed E-state index contributed by atoms with van der Waals surface area (Å²) in [6.45, 7) is 0. The molecule has 96 valence electrons. The average Bonchev–Trinajstić information content (AvgIpc) is 2.96. The van der Waals surface area contributed by atoms with E-state index in [1.54, 1.807) is 40.3 Å². The van der Waals surface area contributed by atoms with Crippen molar-refractivity contribution in [2.24, 2.45) is 0 Å². The fourth-order valence-corrected chi connectivity index (χ4v) is 2.05.